The summed E-state index contributed by atoms with van der Waals surface area (Å²) >= 11 is 1.44. The van der Waals surface area contributed by atoms with Crippen molar-refractivity contribution in [2.24, 2.45) is 5.92 Å². The van der Waals surface area contributed by atoms with Gasteiger partial charge in [0.2, 0.25) is 11.7 Å². The number of aryl methyl sites for hydroxylation is 3. The van der Waals surface area contributed by atoms with Crippen LogP contribution in [0.2, 0.25) is 0 Å². The number of amides is 1. The van der Waals surface area contributed by atoms with E-state index >= 15 is 0 Å². The van der Waals surface area contributed by atoms with Crippen molar-refractivity contribution in [3.8, 4) is 0 Å². The number of rotatable bonds is 6. The summed E-state index contributed by atoms with van der Waals surface area (Å²) in [7, 11) is 0. The molecule has 0 saturated carbocycles. The maximum Gasteiger partial charge on any atom is 0.272 e. The molecule has 0 N–H and O–H groups in total. The Kier molecular flexibility index (Phi) is 6.35. The van der Waals surface area contributed by atoms with Gasteiger partial charge in [0.1, 0.15) is 10.5 Å². The van der Waals surface area contributed by atoms with Crippen molar-refractivity contribution < 1.29 is 4.79 Å². The first-order valence-electron chi connectivity index (χ1n) is 12.3. The third-order valence-corrected chi connectivity index (χ3v) is 7.62. The second kappa shape index (κ2) is 9.45. The molecule has 1 amide bonds. The van der Waals surface area contributed by atoms with Crippen LogP contribution in [-0.4, -0.2) is 56.2 Å². The molecular formula is C26H32N6O2S. The molecule has 0 spiro atoms. The number of fused-ring (bicyclic) bond motifs is 3. The summed E-state index contributed by atoms with van der Waals surface area (Å²) in [5.41, 5.74) is 4.59. The second-order valence-electron chi connectivity index (χ2n) is 9.85. The summed E-state index contributed by atoms with van der Waals surface area (Å²) in [5.74, 6) is 1.72. The number of hydrogen-bond acceptors (Lipinski definition) is 6. The first-order chi connectivity index (χ1) is 16.8. The standard InChI is InChI=1S/C26H32N6O2S/c1-17(2)16-31-25(34)24-20(9-14-35-24)32-22(27-28-26(31)32)7-8-23(33)30-12-10-29(11-13-30)21-15-18(3)5-6-19(21)4/h5-6,9,14-15,17H,7-8,10-13,16H2,1-4H3. The van der Waals surface area contributed by atoms with Gasteiger partial charge < -0.3 is 9.80 Å². The Morgan fingerprint density at radius 2 is 1.86 bits per heavy atom. The molecule has 1 saturated heterocycles. The average Bonchev–Trinajstić information content (AvgIpc) is 3.49. The predicted octanol–water partition coefficient (Wildman–Crippen LogP) is 3.66. The number of piperazine rings is 1. The fraction of sp³-hybridized carbons (Fsp3) is 0.462. The molecule has 35 heavy (non-hydrogen) atoms. The van der Waals surface area contributed by atoms with Crippen molar-refractivity contribution in [1.82, 2.24) is 24.1 Å². The van der Waals surface area contributed by atoms with E-state index in [9.17, 15) is 9.59 Å². The van der Waals surface area contributed by atoms with Crippen LogP contribution in [0.15, 0.2) is 34.4 Å². The van der Waals surface area contributed by atoms with Gasteiger partial charge in [-0.15, -0.1) is 21.5 Å². The lowest BCUT2D eigenvalue weighted by molar-refractivity contribution is -0.131. The summed E-state index contributed by atoms with van der Waals surface area (Å²) in [5, 5.41) is 10.7. The van der Waals surface area contributed by atoms with E-state index in [1.54, 1.807) is 4.57 Å². The second-order valence-corrected chi connectivity index (χ2v) is 10.8. The summed E-state index contributed by atoms with van der Waals surface area (Å²) in [6.45, 7) is 12.1. The highest BCUT2D eigenvalue weighted by Gasteiger charge is 2.23. The highest BCUT2D eigenvalue weighted by molar-refractivity contribution is 7.17. The number of carbonyl (C=O) groups is 1. The first-order valence-corrected chi connectivity index (χ1v) is 13.2. The predicted molar refractivity (Wildman–Crippen MR) is 140 cm³/mol. The molecule has 8 nitrogen and oxygen atoms in total. The Hall–Kier alpha value is -3.20. The Morgan fingerprint density at radius 1 is 1.09 bits per heavy atom. The summed E-state index contributed by atoms with van der Waals surface area (Å²) in [4.78, 5) is 30.4. The van der Waals surface area contributed by atoms with E-state index in [0.29, 0.717) is 35.8 Å². The lowest BCUT2D eigenvalue weighted by Gasteiger charge is -2.37. The Morgan fingerprint density at radius 3 is 2.60 bits per heavy atom. The van der Waals surface area contributed by atoms with E-state index in [1.807, 2.05) is 20.7 Å². The maximum atomic E-state index is 13.1. The van der Waals surface area contributed by atoms with Crippen LogP contribution in [0.4, 0.5) is 5.69 Å². The van der Waals surface area contributed by atoms with Crippen LogP contribution in [0.3, 0.4) is 0 Å². The van der Waals surface area contributed by atoms with Crippen molar-refractivity contribution >= 4 is 38.9 Å². The zero-order valence-electron chi connectivity index (χ0n) is 20.8. The fourth-order valence-corrected chi connectivity index (χ4v) is 5.73. The minimum absolute atomic E-state index is 0.0204. The van der Waals surface area contributed by atoms with Gasteiger partial charge in [-0.3, -0.25) is 18.6 Å². The number of hydrogen-bond donors (Lipinski definition) is 0. The topological polar surface area (TPSA) is 75.7 Å². The fourth-order valence-electron chi connectivity index (χ4n) is 4.91. The van der Waals surface area contributed by atoms with Crippen molar-refractivity contribution in [1.29, 1.82) is 0 Å². The van der Waals surface area contributed by atoms with Crippen LogP contribution in [0, 0.1) is 19.8 Å². The van der Waals surface area contributed by atoms with Crippen LogP contribution in [-0.2, 0) is 17.8 Å². The van der Waals surface area contributed by atoms with Crippen molar-refractivity contribution in [2.75, 3.05) is 31.1 Å². The van der Waals surface area contributed by atoms with Crippen molar-refractivity contribution in [3.05, 3.63) is 57.0 Å². The summed E-state index contributed by atoms with van der Waals surface area (Å²) in [6, 6.07) is 8.47. The van der Waals surface area contributed by atoms with Gasteiger partial charge in [0.25, 0.3) is 5.56 Å². The minimum atomic E-state index is -0.0204. The number of carbonyl (C=O) groups excluding carboxylic acids is 1. The highest BCUT2D eigenvalue weighted by Crippen LogP contribution is 2.24. The van der Waals surface area contributed by atoms with Crippen molar-refractivity contribution in [3.63, 3.8) is 0 Å². The zero-order valence-corrected chi connectivity index (χ0v) is 21.6. The normalized spacial score (nSPS) is 14.5. The van der Waals surface area contributed by atoms with Gasteiger partial charge in [-0.1, -0.05) is 26.0 Å². The molecule has 9 heteroatoms. The average molecular weight is 493 g/mol. The molecular weight excluding hydrogens is 460 g/mol. The molecule has 0 aliphatic carbocycles. The number of aromatic nitrogens is 4. The van der Waals surface area contributed by atoms with E-state index in [0.717, 1.165) is 37.5 Å². The molecule has 1 aliphatic rings. The molecule has 5 rings (SSSR count). The summed E-state index contributed by atoms with van der Waals surface area (Å²) in [6.07, 6.45) is 0.862. The molecule has 4 aromatic rings. The molecule has 0 unspecified atom stereocenters. The van der Waals surface area contributed by atoms with Crippen LogP contribution in [0.1, 0.15) is 37.2 Å². The van der Waals surface area contributed by atoms with Gasteiger partial charge in [-0.25, -0.2) is 0 Å². The third-order valence-electron chi connectivity index (χ3n) is 6.73. The van der Waals surface area contributed by atoms with Crippen LogP contribution >= 0.6 is 11.3 Å². The Labute approximate surface area is 208 Å². The van der Waals surface area contributed by atoms with Crippen LogP contribution in [0.5, 0.6) is 0 Å². The van der Waals surface area contributed by atoms with E-state index in [2.05, 4.69) is 61.0 Å². The van der Waals surface area contributed by atoms with E-state index in [1.165, 1.54) is 28.2 Å². The molecule has 184 valence electrons. The van der Waals surface area contributed by atoms with Gasteiger partial charge in [0, 0.05) is 51.3 Å². The van der Waals surface area contributed by atoms with Crippen LogP contribution in [0.25, 0.3) is 16.0 Å². The molecule has 1 fully saturated rings. The lowest BCUT2D eigenvalue weighted by Crippen LogP contribution is -2.49. The smallest absolute Gasteiger partial charge is 0.272 e. The van der Waals surface area contributed by atoms with E-state index in [-0.39, 0.29) is 11.5 Å². The van der Waals surface area contributed by atoms with Crippen molar-refractivity contribution in [2.45, 2.75) is 47.1 Å². The van der Waals surface area contributed by atoms with E-state index < -0.39 is 0 Å². The van der Waals surface area contributed by atoms with E-state index in [4.69, 9.17) is 0 Å². The molecule has 3 aromatic heterocycles. The molecule has 1 aromatic carbocycles. The quantitative estimate of drug-likeness (QED) is 0.411. The highest BCUT2D eigenvalue weighted by atomic mass is 32.1. The largest absolute Gasteiger partial charge is 0.368 e. The SMILES string of the molecule is Cc1ccc(C)c(N2CCN(C(=O)CCc3nnc4n(CC(C)C)c(=O)c5sccc5n34)CC2)c1. The Bertz CT molecular complexity index is 1440. The Balaban J connectivity index is 1.30. The summed E-state index contributed by atoms with van der Waals surface area (Å²) < 4.78 is 4.38. The molecule has 0 atom stereocenters. The molecule has 1 aliphatic heterocycles. The lowest BCUT2D eigenvalue weighted by atomic mass is 10.1. The van der Waals surface area contributed by atoms with Gasteiger partial charge in [-0.05, 0) is 48.4 Å². The minimum Gasteiger partial charge on any atom is -0.368 e. The number of nitrogens with zero attached hydrogens (tertiary/aromatic N) is 6. The van der Waals surface area contributed by atoms with Gasteiger partial charge in [0.05, 0.1) is 5.52 Å². The third kappa shape index (κ3) is 4.45. The zero-order chi connectivity index (χ0) is 24.7. The number of anilines is 1. The van der Waals surface area contributed by atoms with Gasteiger partial charge in [0.15, 0.2) is 0 Å². The number of thiophene rings is 1. The maximum absolute atomic E-state index is 13.1. The van der Waals surface area contributed by atoms with Gasteiger partial charge >= 0.3 is 0 Å². The first kappa shape index (κ1) is 23.5. The molecule has 4 heterocycles. The van der Waals surface area contributed by atoms with Crippen LogP contribution < -0.4 is 10.5 Å². The molecule has 0 bridgehead atoms. The number of benzene rings is 1. The van der Waals surface area contributed by atoms with Gasteiger partial charge in [-0.2, -0.15) is 0 Å². The monoisotopic (exact) mass is 492 g/mol. The molecule has 0 radical (unpaired) electrons.